The lowest BCUT2D eigenvalue weighted by Gasteiger charge is -2.16. The predicted molar refractivity (Wildman–Crippen MR) is 71.6 cm³/mol. The maximum atomic E-state index is 6.08. The van der Waals surface area contributed by atoms with Gasteiger partial charge in [0.2, 0.25) is 0 Å². The number of hydrogen-bond donors (Lipinski definition) is 2. The molecule has 0 saturated heterocycles. The lowest BCUT2D eigenvalue weighted by atomic mass is 10.2. The van der Waals surface area contributed by atoms with Gasteiger partial charge < -0.3 is 15.5 Å². The molecule has 5 heteroatoms. The van der Waals surface area contributed by atoms with Crippen molar-refractivity contribution >= 4 is 34.6 Å². The molecule has 0 aliphatic heterocycles. The van der Waals surface area contributed by atoms with Gasteiger partial charge in [-0.15, -0.1) is 0 Å². The van der Waals surface area contributed by atoms with Crippen LogP contribution in [0.1, 0.15) is 18.7 Å². The molecule has 3 nitrogen and oxygen atoms in total. The summed E-state index contributed by atoms with van der Waals surface area (Å²) in [6.07, 6.45) is 1.62. The number of nitrogens with one attached hydrogen (secondary N) is 1. The molecule has 2 rings (SSSR count). The molecule has 0 spiro atoms. The van der Waals surface area contributed by atoms with Crippen LogP contribution in [0.5, 0.6) is 0 Å². The number of anilines is 2. The molecule has 1 aromatic heterocycles. The van der Waals surface area contributed by atoms with Crippen LogP contribution in [0.3, 0.4) is 0 Å². The summed E-state index contributed by atoms with van der Waals surface area (Å²) in [5.74, 6) is 0.814. The average Bonchev–Trinajstić information content (AvgIpc) is 2.76. The van der Waals surface area contributed by atoms with Crippen molar-refractivity contribution in [3.8, 4) is 0 Å². The Bertz CT molecular complexity index is 488. The fourth-order valence-corrected chi connectivity index (χ4v) is 2.17. The Hall–Kier alpha value is -1.32. The van der Waals surface area contributed by atoms with Crippen LogP contribution < -0.4 is 11.1 Å². The van der Waals surface area contributed by atoms with E-state index in [2.05, 4.69) is 5.32 Å². The van der Waals surface area contributed by atoms with Gasteiger partial charge in [-0.1, -0.05) is 23.2 Å². The normalized spacial score (nSPS) is 12.4. The molecule has 0 radical (unpaired) electrons. The van der Waals surface area contributed by atoms with Crippen LogP contribution in [0.2, 0.25) is 10.0 Å². The summed E-state index contributed by atoms with van der Waals surface area (Å²) in [7, 11) is 0. The first-order chi connectivity index (χ1) is 8.08. The van der Waals surface area contributed by atoms with Crippen molar-refractivity contribution in [3.05, 3.63) is 46.3 Å². The third-order valence-corrected chi connectivity index (χ3v) is 2.99. The van der Waals surface area contributed by atoms with Crippen LogP contribution in [-0.4, -0.2) is 0 Å². The summed E-state index contributed by atoms with van der Waals surface area (Å²) in [5.41, 5.74) is 6.84. The highest BCUT2D eigenvalue weighted by Gasteiger charge is 2.13. The molecular formula is C12H12Cl2N2O. The second kappa shape index (κ2) is 4.90. The first-order valence-electron chi connectivity index (χ1n) is 5.12. The minimum atomic E-state index is -0.0244. The van der Waals surface area contributed by atoms with Crippen LogP contribution in [0, 0.1) is 0 Å². The molecule has 0 amide bonds. The molecule has 1 aromatic carbocycles. The molecular weight excluding hydrogens is 259 g/mol. The van der Waals surface area contributed by atoms with E-state index in [0.717, 1.165) is 5.76 Å². The Kier molecular flexibility index (Phi) is 3.50. The minimum Gasteiger partial charge on any atom is -0.467 e. The van der Waals surface area contributed by atoms with Gasteiger partial charge in [0.15, 0.2) is 0 Å². The fraction of sp³-hybridized carbons (Fsp3) is 0.167. The number of benzene rings is 1. The van der Waals surface area contributed by atoms with Crippen molar-refractivity contribution < 1.29 is 4.42 Å². The highest BCUT2D eigenvalue weighted by Crippen LogP contribution is 2.35. The van der Waals surface area contributed by atoms with E-state index >= 15 is 0 Å². The van der Waals surface area contributed by atoms with Crippen LogP contribution >= 0.6 is 23.2 Å². The molecule has 0 aliphatic carbocycles. The van der Waals surface area contributed by atoms with E-state index in [-0.39, 0.29) is 6.04 Å². The monoisotopic (exact) mass is 270 g/mol. The minimum absolute atomic E-state index is 0.0244. The predicted octanol–water partition coefficient (Wildman–Crippen LogP) is 4.34. The molecule has 0 fully saturated rings. The highest BCUT2D eigenvalue weighted by atomic mass is 35.5. The summed E-state index contributed by atoms with van der Waals surface area (Å²) in [6, 6.07) is 7.01. The number of nitrogen functional groups attached to an aromatic ring is 1. The first-order valence-corrected chi connectivity index (χ1v) is 5.88. The SMILES string of the molecule is CC(Nc1c(Cl)cc(N)cc1Cl)c1ccco1. The molecule has 1 atom stereocenters. The van der Waals surface area contributed by atoms with Gasteiger partial charge in [-0.05, 0) is 31.2 Å². The van der Waals surface area contributed by atoms with E-state index in [4.69, 9.17) is 33.4 Å². The van der Waals surface area contributed by atoms with Gasteiger partial charge >= 0.3 is 0 Å². The fourth-order valence-electron chi connectivity index (χ4n) is 1.56. The molecule has 17 heavy (non-hydrogen) atoms. The third kappa shape index (κ3) is 2.68. The Balaban J connectivity index is 2.25. The van der Waals surface area contributed by atoms with Gasteiger partial charge in [0.05, 0.1) is 28.0 Å². The Labute approximate surface area is 110 Å². The summed E-state index contributed by atoms with van der Waals surface area (Å²) >= 11 is 12.2. The van der Waals surface area contributed by atoms with Crippen molar-refractivity contribution in [1.82, 2.24) is 0 Å². The zero-order valence-corrected chi connectivity index (χ0v) is 10.7. The number of nitrogens with two attached hydrogens (primary N) is 1. The number of rotatable bonds is 3. The van der Waals surface area contributed by atoms with E-state index < -0.39 is 0 Å². The van der Waals surface area contributed by atoms with Crippen molar-refractivity contribution in [1.29, 1.82) is 0 Å². The number of halogens is 2. The summed E-state index contributed by atoms with van der Waals surface area (Å²) < 4.78 is 5.30. The maximum absolute atomic E-state index is 6.08. The summed E-state index contributed by atoms with van der Waals surface area (Å²) in [4.78, 5) is 0. The largest absolute Gasteiger partial charge is 0.467 e. The molecule has 0 saturated carbocycles. The van der Waals surface area contributed by atoms with Gasteiger partial charge in [-0.2, -0.15) is 0 Å². The van der Waals surface area contributed by atoms with E-state index in [1.807, 2.05) is 19.1 Å². The van der Waals surface area contributed by atoms with Crippen molar-refractivity contribution in [3.63, 3.8) is 0 Å². The second-order valence-corrected chi connectivity index (χ2v) is 4.56. The van der Waals surface area contributed by atoms with Gasteiger partial charge in [-0.25, -0.2) is 0 Å². The molecule has 0 aliphatic rings. The number of hydrogen-bond acceptors (Lipinski definition) is 3. The van der Waals surface area contributed by atoms with E-state index in [0.29, 0.717) is 21.4 Å². The summed E-state index contributed by atoms with van der Waals surface area (Å²) in [6.45, 7) is 1.96. The standard InChI is InChI=1S/C12H12Cl2N2O/c1-7(11-3-2-4-17-11)16-12-9(13)5-8(15)6-10(12)14/h2-7,16H,15H2,1H3. The molecule has 1 heterocycles. The van der Waals surface area contributed by atoms with E-state index in [1.54, 1.807) is 18.4 Å². The third-order valence-electron chi connectivity index (χ3n) is 2.40. The second-order valence-electron chi connectivity index (χ2n) is 3.74. The van der Waals surface area contributed by atoms with Gasteiger partial charge in [0.25, 0.3) is 0 Å². The Morgan fingerprint density at radius 3 is 2.47 bits per heavy atom. The van der Waals surface area contributed by atoms with Crippen LogP contribution in [0.15, 0.2) is 34.9 Å². The average molecular weight is 271 g/mol. The maximum Gasteiger partial charge on any atom is 0.125 e. The first kappa shape index (κ1) is 12.1. The van der Waals surface area contributed by atoms with Crippen molar-refractivity contribution in [2.45, 2.75) is 13.0 Å². The summed E-state index contributed by atoms with van der Waals surface area (Å²) in [5, 5.41) is 4.18. The lowest BCUT2D eigenvalue weighted by molar-refractivity contribution is 0.490. The van der Waals surface area contributed by atoms with E-state index in [9.17, 15) is 0 Å². The zero-order valence-electron chi connectivity index (χ0n) is 9.21. The van der Waals surface area contributed by atoms with Crippen LogP contribution in [0.25, 0.3) is 0 Å². The van der Waals surface area contributed by atoms with Gasteiger partial charge in [-0.3, -0.25) is 0 Å². The van der Waals surface area contributed by atoms with Gasteiger partial charge in [0, 0.05) is 5.69 Å². The highest BCUT2D eigenvalue weighted by molar-refractivity contribution is 6.39. The molecule has 1 unspecified atom stereocenters. The van der Waals surface area contributed by atoms with Crippen molar-refractivity contribution in [2.24, 2.45) is 0 Å². The topological polar surface area (TPSA) is 51.2 Å². The Morgan fingerprint density at radius 2 is 1.94 bits per heavy atom. The molecule has 0 bridgehead atoms. The van der Waals surface area contributed by atoms with E-state index in [1.165, 1.54) is 0 Å². The van der Waals surface area contributed by atoms with Crippen LogP contribution in [-0.2, 0) is 0 Å². The molecule has 3 N–H and O–H groups in total. The van der Waals surface area contributed by atoms with Crippen molar-refractivity contribution in [2.75, 3.05) is 11.1 Å². The quantitative estimate of drug-likeness (QED) is 0.816. The molecule has 90 valence electrons. The smallest absolute Gasteiger partial charge is 0.125 e. The van der Waals surface area contributed by atoms with Crippen LogP contribution in [0.4, 0.5) is 11.4 Å². The zero-order chi connectivity index (χ0) is 12.4. The van der Waals surface area contributed by atoms with Gasteiger partial charge in [0.1, 0.15) is 5.76 Å². The molecule has 2 aromatic rings. The lowest BCUT2D eigenvalue weighted by Crippen LogP contribution is -2.06. The number of furan rings is 1. The Morgan fingerprint density at radius 1 is 1.29 bits per heavy atom.